The summed E-state index contributed by atoms with van der Waals surface area (Å²) in [7, 11) is 0. The van der Waals surface area contributed by atoms with Gasteiger partial charge in [0.2, 0.25) is 5.91 Å². The van der Waals surface area contributed by atoms with E-state index in [4.69, 9.17) is 0 Å². The predicted molar refractivity (Wildman–Crippen MR) is 94.7 cm³/mol. The van der Waals surface area contributed by atoms with Crippen LogP contribution in [0.3, 0.4) is 0 Å². The fourth-order valence-corrected chi connectivity index (χ4v) is 6.80. The summed E-state index contributed by atoms with van der Waals surface area (Å²) >= 11 is 0. The third-order valence-corrected chi connectivity index (χ3v) is 8.15. The first-order chi connectivity index (χ1) is 11.8. The SMILES string of the molecule is CC(=O)N[C@H]1C(=O)C[C@H]2[C@@H]3CCC4=CC(=O)CC[C@]4(C)[C@@H]3CC[C@]12C. The van der Waals surface area contributed by atoms with Gasteiger partial charge in [0.1, 0.15) is 0 Å². The second-order valence-corrected chi connectivity index (χ2v) is 9.32. The number of nitrogens with one attached hydrogen (secondary N) is 1. The van der Waals surface area contributed by atoms with Crippen LogP contribution in [0.5, 0.6) is 0 Å². The molecule has 1 amide bonds. The Hall–Kier alpha value is -1.45. The standard InChI is InChI=1S/C21H29NO3/c1-12(23)22-19-18(25)11-17-15-5-4-13-10-14(24)6-8-20(13,2)16(15)7-9-21(17,19)3/h10,15-17,19H,4-9,11H2,1-3H3,(H,22,23)/t15-,16-,17+,19+,20+,21+/m1/s1. The van der Waals surface area contributed by atoms with E-state index >= 15 is 0 Å². The summed E-state index contributed by atoms with van der Waals surface area (Å²) in [4.78, 5) is 36.2. The van der Waals surface area contributed by atoms with Gasteiger partial charge in [-0.2, -0.15) is 0 Å². The van der Waals surface area contributed by atoms with Gasteiger partial charge in [-0.15, -0.1) is 0 Å². The molecule has 4 nitrogen and oxygen atoms in total. The van der Waals surface area contributed by atoms with Gasteiger partial charge in [0, 0.05) is 19.8 Å². The fourth-order valence-electron chi connectivity index (χ4n) is 6.80. The largest absolute Gasteiger partial charge is 0.346 e. The molecule has 4 heteroatoms. The van der Waals surface area contributed by atoms with Crippen molar-refractivity contribution in [3.63, 3.8) is 0 Å². The van der Waals surface area contributed by atoms with Crippen LogP contribution in [0.25, 0.3) is 0 Å². The van der Waals surface area contributed by atoms with Crippen LogP contribution < -0.4 is 5.32 Å². The lowest BCUT2D eigenvalue weighted by Crippen LogP contribution is -2.54. The van der Waals surface area contributed by atoms with Crippen LogP contribution in [0.1, 0.15) is 65.7 Å². The lowest BCUT2D eigenvalue weighted by molar-refractivity contribution is -0.127. The number of Topliss-reactive ketones (excluding diaryl/α,β-unsaturated/α-hetero) is 1. The summed E-state index contributed by atoms with van der Waals surface area (Å²) in [5, 5.41) is 2.95. The van der Waals surface area contributed by atoms with E-state index < -0.39 is 0 Å². The van der Waals surface area contributed by atoms with Crippen LogP contribution in [-0.4, -0.2) is 23.5 Å². The van der Waals surface area contributed by atoms with E-state index in [1.165, 1.54) is 12.5 Å². The Kier molecular flexibility index (Phi) is 3.75. The number of fused-ring (bicyclic) bond motifs is 5. The second-order valence-electron chi connectivity index (χ2n) is 9.32. The van der Waals surface area contributed by atoms with Gasteiger partial charge in [0.05, 0.1) is 6.04 Å². The fraction of sp³-hybridized carbons (Fsp3) is 0.762. The zero-order valence-corrected chi connectivity index (χ0v) is 15.6. The molecule has 0 aliphatic heterocycles. The molecule has 0 radical (unpaired) electrons. The Balaban J connectivity index is 1.66. The van der Waals surface area contributed by atoms with Crippen LogP contribution >= 0.6 is 0 Å². The third-order valence-electron chi connectivity index (χ3n) is 8.15. The van der Waals surface area contributed by atoms with Crippen molar-refractivity contribution < 1.29 is 14.4 Å². The van der Waals surface area contributed by atoms with Gasteiger partial charge in [-0.1, -0.05) is 19.4 Å². The molecule has 0 aromatic heterocycles. The Morgan fingerprint density at radius 2 is 1.88 bits per heavy atom. The first kappa shape index (κ1) is 17.0. The molecular formula is C21H29NO3. The number of rotatable bonds is 1. The van der Waals surface area contributed by atoms with Crippen LogP contribution in [0.4, 0.5) is 0 Å². The number of carbonyl (C=O) groups excluding carboxylic acids is 3. The highest BCUT2D eigenvalue weighted by atomic mass is 16.2. The molecule has 6 atom stereocenters. The molecule has 4 rings (SSSR count). The lowest BCUT2D eigenvalue weighted by Gasteiger charge is -2.57. The number of allylic oxidation sites excluding steroid dienone is 1. The normalized spacial score (nSPS) is 46.0. The molecule has 4 aliphatic carbocycles. The number of hydrogen-bond acceptors (Lipinski definition) is 3. The number of ketones is 2. The van der Waals surface area contributed by atoms with Crippen molar-refractivity contribution in [2.24, 2.45) is 28.6 Å². The van der Waals surface area contributed by atoms with Crippen molar-refractivity contribution in [2.45, 2.75) is 71.8 Å². The molecule has 136 valence electrons. The van der Waals surface area contributed by atoms with Gasteiger partial charge >= 0.3 is 0 Å². The highest BCUT2D eigenvalue weighted by Crippen LogP contribution is 2.64. The van der Waals surface area contributed by atoms with Gasteiger partial charge in [-0.25, -0.2) is 0 Å². The lowest BCUT2D eigenvalue weighted by atomic mass is 9.47. The second kappa shape index (κ2) is 5.52. The summed E-state index contributed by atoms with van der Waals surface area (Å²) in [6.45, 7) is 6.08. The van der Waals surface area contributed by atoms with Crippen molar-refractivity contribution in [3.05, 3.63) is 11.6 Å². The smallest absolute Gasteiger partial charge is 0.217 e. The Labute approximate surface area is 149 Å². The van der Waals surface area contributed by atoms with Crippen molar-refractivity contribution in [1.82, 2.24) is 5.32 Å². The van der Waals surface area contributed by atoms with E-state index in [0.717, 1.165) is 32.1 Å². The van der Waals surface area contributed by atoms with Crippen molar-refractivity contribution >= 4 is 17.5 Å². The van der Waals surface area contributed by atoms with E-state index in [9.17, 15) is 14.4 Å². The Morgan fingerprint density at radius 1 is 1.12 bits per heavy atom. The summed E-state index contributed by atoms with van der Waals surface area (Å²) in [6, 6.07) is -0.311. The maximum atomic E-state index is 12.7. The maximum absolute atomic E-state index is 12.7. The minimum absolute atomic E-state index is 0.103. The minimum atomic E-state index is -0.311. The molecule has 0 bridgehead atoms. The van der Waals surface area contributed by atoms with E-state index in [2.05, 4.69) is 19.2 Å². The summed E-state index contributed by atoms with van der Waals surface area (Å²) in [5.74, 6) is 1.88. The zero-order valence-electron chi connectivity index (χ0n) is 15.6. The number of carbonyl (C=O) groups is 3. The number of hydrogen-bond donors (Lipinski definition) is 1. The molecule has 0 heterocycles. The molecule has 3 fully saturated rings. The van der Waals surface area contributed by atoms with Crippen molar-refractivity contribution in [2.75, 3.05) is 0 Å². The highest BCUT2D eigenvalue weighted by Gasteiger charge is 2.61. The molecule has 4 aliphatic rings. The molecule has 1 N–H and O–H groups in total. The molecule has 0 spiro atoms. The van der Waals surface area contributed by atoms with E-state index in [-0.39, 0.29) is 34.3 Å². The third kappa shape index (κ3) is 2.36. The van der Waals surface area contributed by atoms with Gasteiger partial charge in [0.15, 0.2) is 11.6 Å². The van der Waals surface area contributed by atoms with Crippen molar-refractivity contribution in [1.29, 1.82) is 0 Å². The highest BCUT2D eigenvalue weighted by molar-refractivity contribution is 5.92. The monoisotopic (exact) mass is 343 g/mol. The van der Waals surface area contributed by atoms with Gasteiger partial charge < -0.3 is 5.32 Å². The van der Waals surface area contributed by atoms with E-state index in [1.54, 1.807) is 0 Å². The molecule has 3 saturated carbocycles. The van der Waals surface area contributed by atoms with Gasteiger partial charge in [0.25, 0.3) is 0 Å². The van der Waals surface area contributed by atoms with Gasteiger partial charge in [-0.05, 0) is 66.8 Å². The van der Waals surface area contributed by atoms with Gasteiger partial charge in [-0.3, -0.25) is 14.4 Å². The van der Waals surface area contributed by atoms with Crippen LogP contribution in [-0.2, 0) is 14.4 Å². The maximum Gasteiger partial charge on any atom is 0.217 e. The molecular weight excluding hydrogens is 314 g/mol. The summed E-state index contributed by atoms with van der Waals surface area (Å²) in [5.41, 5.74) is 1.38. The first-order valence-electron chi connectivity index (χ1n) is 9.79. The molecule has 25 heavy (non-hydrogen) atoms. The van der Waals surface area contributed by atoms with Crippen LogP contribution in [0.15, 0.2) is 11.6 Å². The van der Waals surface area contributed by atoms with Crippen LogP contribution in [0.2, 0.25) is 0 Å². The van der Waals surface area contributed by atoms with E-state index in [1.807, 2.05) is 6.08 Å². The first-order valence-corrected chi connectivity index (χ1v) is 9.79. The molecule has 0 saturated heterocycles. The molecule has 0 unspecified atom stereocenters. The summed E-state index contributed by atoms with van der Waals surface area (Å²) in [6.07, 6.45) is 8.33. The Morgan fingerprint density at radius 3 is 2.60 bits per heavy atom. The zero-order chi connectivity index (χ0) is 18.0. The topological polar surface area (TPSA) is 63.2 Å². The number of amides is 1. The van der Waals surface area contributed by atoms with E-state index in [0.29, 0.717) is 30.6 Å². The predicted octanol–water partition coefficient (Wildman–Crippen LogP) is 3.20. The van der Waals surface area contributed by atoms with Crippen molar-refractivity contribution in [3.8, 4) is 0 Å². The van der Waals surface area contributed by atoms with Crippen LogP contribution in [0, 0.1) is 28.6 Å². The minimum Gasteiger partial charge on any atom is -0.346 e. The average molecular weight is 343 g/mol. The summed E-state index contributed by atoms with van der Waals surface area (Å²) < 4.78 is 0. The average Bonchev–Trinajstić information content (AvgIpc) is 2.79. The molecule has 0 aromatic rings. The Bertz CT molecular complexity index is 681. The molecule has 0 aromatic carbocycles. The quantitative estimate of drug-likeness (QED) is 0.795.